The number of benzene rings is 2. The average Bonchev–Trinajstić information content (AvgIpc) is 2.86. The molecule has 146 valence electrons. The summed E-state index contributed by atoms with van der Waals surface area (Å²) in [5.74, 6) is 0.803. The summed E-state index contributed by atoms with van der Waals surface area (Å²) in [5.41, 5.74) is 1.72. The van der Waals surface area contributed by atoms with Crippen molar-refractivity contribution in [2.24, 2.45) is 0 Å². The van der Waals surface area contributed by atoms with Gasteiger partial charge in [0.25, 0.3) is 11.8 Å². The van der Waals surface area contributed by atoms with E-state index < -0.39 is 0 Å². The quantitative estimate of drug-likeness (QED) is 0.807. The van der Waals surface area contributed by atoms with E-state index in [9.17, 15) is 14.4 Å². The Hall–Kier alpha value is -3.00. The van der Waals surface area contributed by atoms with Gasteiger partial charge in [-0.2, -0.15) is 0 Å². The number of fused-ring (bicyclic) bond motifs is 1. The molecule has 7 nitrogen and oxygen atoms in total. The number of nitrogens with zero attached hydrogens (tertiary/aromatic N) is 1. The van der Waals surface area contributed by atoms with Crippen LogP contribution in [0.2, 0.25) is 0 Å². The van der Waals surface area contributed by atoms with E-state index in [1.54, 1.807) is 62.3 Å². The highest BCUT2D eigenvalue weighted by Gasteiger charge is 2.16. The molecule has 0 bridgehead atoms. The standard InChI is InChI=1S/C20H21N3O4S/c1-23(2)19(25)12-27-15-6-4-14(5-7-15)21-20(26)13-3-8-17-16(11-13)22-18(24)9-10-28-17/h3-8,11H,9-10,12H2,1-2H3,(H,21,26)(H,22,24). The van der Waals surface area contributed by atoms with Crippen molar-refractivity contribution in [3.05, 3.63) is 48.0 Å². The number of ether oxygens (including phenoxy) is 1. The maximum absolute atomic E-state index is 12.5. The van der Waals surface area contributed by atoms with Crippen LogP contribution in [0.4, 0.5) is 11.4 Å². The van der Waals surface area contributed by atoms with Crippen LogP contribution in [-0.4, -0.2) is 49.1 Å². The van der Waals surface area contributed by atoms with Gasteiger partial charge in [-0.3, -0.25) is 14.4 Å². The van der Waals surface area contributed by atoms with E-state index in [0.29, 0.717) is 29.1 Å². The Kier molecular flexibility index (Phi) is 6.20. The number of carbonyl (C=O) groups excluding carboxylic acids is 3. The Labute approximate surface area is 167 Å². The average molecular weight is 399 g/mol. The van der Waals surface area contributed by atoms with Crippen LogP contribution in [0.1, 0.15) is 16.8 Å². The Morgan fingerprint density at radius 3 is 2.64 bits per heavy atom. The molecule has 0 saturated carbocycles. The fourth-order valence-electron chi connectivity index (χ4n) is 2.47. The Balaban J connectivity index is 1.63. The van der Waals surface area contributed by atoms with Gasteiger partial charge in [0.2, 0.25) is 5.91 Å². The Morgan fingerprint density at radius 1 is 1.18 bits per heavy atom. The molecule has 0 unspecified atom stereocenters. The molecule has 1 heterocycles. The van der Waals surface area contributed by atoms with Crippen LogP contribution in [0.5, 0.6) is 5.75 Å². The highest BCUT2D eigenvalue weighted by atomic mass is 32.2. The number of rotatable bonds is 5. The summed E-state index contributed by atoms with van der Waals surface area (Å²) in [4.78, 5) is 38.2. The van der Waals surface area contributed by atoms with Crippen molar-refractivity contribution in [3.8, 4) is 5.75 Å². The predicted octanol–water partition coefficient (Wildman–Crippen LogP) is 2.84. The third-order valence-corrected chi connectivity index (χ3v) is 5.15. The minimum atomic E-state index is -0.275. The third-order valence-electron chi connectivity index (χ3n) is 4.08. The van der Waals surface area contributed by atoms with Crippen LogP contribution in [0.3, 0.4) is 0 Å². The van der Waals surface area contributed by atoms with Crippen LogP contribution < -0.4 is 15.4 Å². The maximum atomic E-state index is 12.5. The summed E-state index contributed by atoms with van der Waals surface area (Å²) in [7, 11) is 3.33. The van der Waals surface area contributed by atoms with E-state index >= 15 is 0 Å². The molecule has 3 amide bonds. The first-order valence-electron chi connectivity index (χ1n) is 8.73. The molecular weight excluding hydrogens is 378 g/mol. The summed E-state index contributed by atoms with van der Waals surface area (Å²) in [6.45, 7) is -0.0441. The molecule has 2 aromatic rings. The number of anilines is 2. The highest BCUT2D eigenvalue weighted by Crippen LogP contribution is 2.31. The first-order valence-corrected chi connectivity index (χ1v) is 9.72. The Morgan fingerprint density at radius 2 is 1.93 bits per heavy atom. The van der Waals surface area contributed by atoms with Crippen molar-refractivity contribution < 1.29 is 19.1 Å². The van der Waals surface area contributed by atoms with Gasteiger partial charge in [-0.25, -0.2) is 0 Å². The SMILES string of the molecule is CN(C)C(=O)COc1ccc(NC(=O)c2ccc3c(c2)NC(=O)CCS3)cc1. The molecule has 1 aliphatic rings. The van der Waals surface area contributed by atoms with Crippen molar-refractivity contribution in [2.45, 2.75) is 11.3 Å². The lowest BCUT2D eigenvalue weighted by Gasteiger charge is -2.12. The number of carbonyl (C=O) groups is 3. The number of hydrogen-bond acceptors (Lipinski definition) is 5. The second-order valence-electron chi connectivity index (χ2n) is 6.41. The van der Waals surface area contributed by atoms with Crippen LogP contribution >= 0.6 is 11.8 Å². The fraction of sp³-hybridized carbons (Fsp3) is 0.250. The molecule has 0 spiro atoms. The minimum Gasteiger partial charge on any atom is -0.484 e. The molecule has 2 aromatic carbocycles. The van der Waals surface area contributed by atoms with Gasteiger partial charge in [-0.1, -0.05) is 0 Å². The molecule has 0 aliphatic carbocycles. The number of amides is 3. The maximum Gasteiger partial charge on any atom is 0.259 e. The molecule has 3 rings (SSSR count). The van der Waals surface area contributed by atoms with Crippen molar-refractivity contribution in [1.82, 2.24) is 4.90 Å². The van der Waals surface area contributed by atoms with Crippen LogP contribution in [-0.2, 0) is 9.59 Å². The van der Waals surface area contributed by atoms with Gasteiger partial charge >= 0.3 is 0 Å². The molecule has 0 fully saturated rings. The zero-order valence-electron chi connectivity index (χ0n) is 15.7. The summed E-state index contributed by atoms with van der Waals surface area (Å²) < 4.78 is 5.41. The predicted molar refractivity (Wildman–Crippen MR) is 109 cm³/mol. The van der Waals surface area contributed by atoms with Crippen LogP contribution in [0, 0.1) is 0 Å². The molecule has 0 radical (unpaired) electrons. The molecule has 8 heteroatoms. The van der Waals surface area contributed by atoms with Gasteiger partial charge in [0.1, 0.15) is 5.75 Å². The first kappa shape index (κ1) is 19.8. The summed E-state index contributed by atoms with van der Waals surface area (Å²) in [6, 6.07) is 12.1. The lowest BCUT2D eigenvalue weighted by atomic mass is 10.1. The summed E-state index contributed by atoms with van der Waals surface area (Å²) >= 11 is 1.59. The van der Waals surface area contributed by atoms with Crippen LogP contribution in [0.15, 0.2) is 47.4 Å². The first-order chi connectivity index (χ1) is 13.4. The molecule has 28 heavy (non-hydrogen) atoms. The summed E-state index contributed by atoms with van der Waals surface area (Å²) in [6.07, 6.45) is 0.454. The van der Waals surface area contributed by atoms with Gasteiger partial charge in [-0.15, -0.1) is 11.8 Å². The normalized spacial score (nSPS) is 13.0. The lowest BCUT2D eigenvalue weighted by molar-refractivity contribution is -0.130. The van der Waals surface area contributed by atoms with E-state index in [2.05, 4.69) is 10.6 Å². The molecule has 2 N–H and O–H groups in total. The van der Waals surface area contributed by atoms with E-state index in [0.717, 1.165) is 10.6 Å². The van der Waals surface area contributed by atoms with Gasteiger partial charge < -0.3 is 20.3 Å². The second-order valence-corrected chi connectivity index (χ2v) is 7.55. The van der Waals surface area contributed by atoms with Crippen molar-refractivity contribution in [1.29, 1.82) is 0 Å². The number of thioether (sulfide) groups is 1. The van der Waals surface area contributed by atoms with E-state index in [4.69, 9.17) is 4.74 Å². The number of nitrogens with one attached hydrogen (secondary N) is 2. The van der Waals surface area contributed by atoms with E-state index in [-0.39, 0.29) is 24.3 Å². The van der Waals surface area contributed by atoms with E-state index in [1.165, 1.54) is 4.90 Å². The zero-order chi connectivity index (χ0) is 20.1. The summed E-state index contributed by atoms with van der Waals surface area (Å²) in [5, 5.41) is 5.65. The van der Waals surface area contributed by atoms with Crippen LogP contribution in [0.25, 0.3) is 0 Å². The fourth-order valence-corrected chi connectivity index (χ4v) is 3.41. The molecular formula is C20H21N3O4S. The molecule has 0 aromatic heterocycles. The van der Waals surface area contributed by atoms with Crippen molar-refractivity contribution in [3.63, 3.8) is 0 Å². The molecule has 0 saturated heterocycles. The van der Waals surface area contributed by atoms with E-state index in [1.807, 2.05) is 6.07 Å². The smallest absolute Gasteiger partial charge is 0.259 e. The van der Waals surface area contributed by atoms with Crippen molar-refractivity contribution in [2.75, 3.05) is 37.1 Å². The molecule has 1 aliphatic heterocycles. The molecule has 0 atom stereocenters. The number of likely N-dealkylation sites (N-methyl/N-ethyl adjacent to an activating group) is 1. The van der Waals surface area contributed by atoms with Gasteiger partial charge in [0.15, 0.2) is 6.61 Å². The minimum absolute atomic E-state index is 0.0441. The lowest BCUT2D eigenvalue weighted by Crippen LogP contribution is -2.27. The van der Waals surface area contributed by atoms with Gasteiger partial charge in [0.05, 0.1) is 5.69 Å². The third kappa shape index (κ3) is 5.04. The Bertz CT molecular complexity index is 897. The van der Waals surface area contributed by atoms with Gasteiger partial charge in [-0.05, 0) is 42.5 Å². The zero-order valence-corrected chi connectivity index (χ0v) is 16.5. The monoisotopic (exact) mass is 399 g/mol. The number of hydrogen-bond donors (Lipinski definition) is 2. The second kappa shape index (κ2) is 8.79. The van der Waals surface area contributed by atoms with Crippen molar-refractivity contribution >= 4 is 40.9 Å². The highest BCUT2D eigenvalue weighted by molar-refractivity contribution is 7.99. The largest absolute Gasteiger partial charge is 0.484 e. The topological polar surface area (TPSA) is 87.7 Å². The van der Waals surface area contributed by atoms with Gasteiger partial charge in [0, 0.05) is 42.4 Å².